The first kappa shape index (κ1) is 9.00. The molecule has 0 unspecified atom stereocenters. The van der Waals surface area contributed by atoms with E-state index in [2.05, 4.69) is 4.98 Å². The van der Waals surface area contributed by atoms with Crippen molar-refractivity contribution in [1.82, 2.24) is 4.98 Å². The van der Waals surface area contributed by atoms with Crippen LogP contribution in [0.2, 0.25) is 5.15 Å². The summed E-state index contributed by atoms with van der Waals surface area (Å²) in [5.41, 5.74) is 1.21. The first-order chi connectivity index (χ1) is 5.69. The van der Waals surface area contributed by atoms with Gasteiger partial charge in [-0.3, -0.25) is 4.79 Å². The van der Waals surface area contributed by atoms with Gasteiger partial charge < -0.3 is 4.74 Å². The molecule has 0 aliphatic heterocycles. The molecule has 0 radical (unpaired) electrons. The van der Waals surface area contributed by atoms with Gasteiger partial charge in [0, 0.05) is 0 Å². The van der Waals surface area contributed by atoms with Gasteiger partial charge in [0.2, 0.25) is 5.88 Å². The number of carbonyl (C=O) groups excluding carboxylic acids is 1. The Labute approximate surface area is 75.3 Å². The van der Waals surface area contributed by atoms with E-state index in [1.807, 2.05) is 0 Å². The number of halogens is 1. The van der Waals surface area contributed by atoms with Crippen molar-refractivity contribution >= 4 is 17.9 Å². The zero-order valence-electron chi connectivity index (χ0n) is 6.80. The number of hydrogen-bond acceptors (Lipinski definition) is 3. The van der Waals surface area contributed by atoms with Crippen molar-refractivity contribution in [3.8, 4) is 5.88 Å². The number of ether oxygens (including phenoxy) is 1. The molecule has 0 aromatic carbocycles. The summed E-state index contributed by atoms with van der Waals surface area (Å²) < 4.78 is 4.87. The second-order valence-electron chi connectivity index (χ2n) is 2.30. The maximum atomic E-state index is 10.6. The monoisotopic (exact) mass is 185 g/mol. The molecule has 1 heterocycles. The number of nitrogens with zero attached hydrogens (tertiary/aromatic N) is 1. The third kappa shape index (κ3) is 1.56. The SMILES string of the molecule is COc1nc(Cl)cc(C)c1C=O. The molecular formula is C8H8ClNO2. The lowest BCUT2D eigenvalue weighted by Gasteiger charge is -2.04. The first-order valence-electron chi connectivity index (χ1n) is 3.35. The average molecular weight is 186 g/mol. The summed E-state index contributed by atoms with van der Waals surface area (Å²) in [5, 5.41) is 0.329. The van der Waals surface area contributed by atoms with Crippen LogP contribution in [0.25, 0.3) is 0 Å². The van der Waals surface area contributed by atoms with Crippen molar-refractivity contribution in [3.63, 3.8) is 0 Å². The number of methoxy groups -OCH3 is 1. The van der Waals surface area contributed by atoms with Crippen molar-refractivity contribution in [2.24, 2.45) is 0 Å². The molecule has 0 amide bonds. The van der Waals surface area contributed by atoms with Gasteiger partial charge in [0.25, 0.3) is 0 Å². The number of aromatic nitrogens is 1. The highest BCUT2D eigenvalue weighted by Crippen LogP contribution is 2.20. The van der Waals surface area contributed by atoms with Gasteiger partial charge in [-0.2, -0.15) is 0 Å². The van der Waals surface area contributed by atoms with Gasteiger partial charge in [-0.25, -0.2) is 4.98 Å². The minimum Gasteiger partial charge on any atom is -0.480 e. The second kappa shape index (κ2) is 3.54. The Hall–Kier alpha value is -1.09. The van der Waals surface area contributed by atoms with Crippen LogP contribution in [-0.2, 0) is 0 Å². The largest absolute Gasteiger partial charge is 0.480 e. The van der Waals surface area contributed by atoms with E-state index < -0.39 is 0 Å². The molecule has 0 fully saturated rings. The molecule has 1 aromatic heterocycles. The molecule has 0 spiro atoms. The van der Waals surface area contributed by atoms with Crippen LogP contribution in [0.1, 0.15) is 15.9 Å². The van der Waals surface area contributed by atoms with Gasteiger partial charge in [0.1, 0.15) is 5.15 Å². The standard InChI is InChI=1S/C8H8ClNO2/c1-5-3-7(9)10-8(12-2)6(5)4-11/h3-4H,1-2H3. The highest BCUT2D eigenvalue weighted by Gasteiger charge is 2.07. The molecule has 4 heteroatoms. The van der Waals surface area contributed by atoms with E-state index >= 15 is 0 Å². The van der Waals surface area contributed by atoms with Gasteiger partial charge in [-0.1, -0.05) is 11.6 Å². The number of aryl methyl sites for hydroxylation is 1. The summed E-state index contributed by atoms with van der Waals surface area (Å²) in [4.78, 5) is 14.4. The Morgan fingerprint density at radius 2 is 2.33 bits per heavy atom. The van der Waals surface area contributed by atoms with E-state index in [1.54, 1.807) is 13.0 Å². The van der Waals surface area contributed by atoms with Gasteiger partial charge >= 0.3 is 0 Å². The topological polar surface area (TPSA) is 39.2 Å². The maximum Gasteiger partial charge on any atom is 0.225 e. The van der Waals surface area contributed by atoms with E-state index in [1.165, 1.54) is 7.11 Å². The third-order valence-electron chi connectivity index (χ3n) is 1.51. The average Bonchev–Trinajstić information content (AvgIpc) is 2.03. The number of carbonyl (C=O) groups is 1. The molecule has 0 saturated carbocycles. The van der Waals surface area contributed by atoms with E-state index in [0.29, 0.717) is 17.0 Å². The lowest BCUT2D eigenvalue weighted by atomic mass is 10.2. The molecule has 0 aliphatic rings. The zero-order valence-corrected chi connectivity index (χ0v) is 7.55. The van der Waals surface area contributed by atoms with Crippen molar-refractivity contribution in [2.45, 2.75) is 6.92 Å². The lowest BCUT2D eigenvalue weighted by molar-refractivity contribution is 0.111. The highest BCUT2D eigenvalue weighted by atomic mass is 35.5. The molecule has 1 aromatic rings. The van der Waals surface area contributed by atoms with Crippen molar-refractivity contribution in [3.05, 3.63) is 22.3 Å². The Morgan fingerprint density at radius 3 is 2.83 bits per heavy atom. The molecule has 3 nitrogen and oxygen atoms in total. The maximum absolute atomic E-state index is 10.6. The Balaban J connectivity index is 3.33. The van der Waals surface area contributed by atoms with E-state index in [-0.39, 0.29) is 5.88 Å². The van der Waals surface area contributed by atoms with Crippen LogP contribution in [0.15, 0.2) is 6.07 Å². The Kier molecular flexibility index (Phi) is 2.65. The molecule has 0 bridgehead atoms. The fourth-order valence-electron chi connectivity index (χ4n) is 0.914. The van der Waals surface area contributed by atoms with Gasteiger partial charge in [0.05, 0.1) is 12.7 Å². The first-order valence-corrected chi connectivity index (χ1v) is 3.73. The Morgan fingerprint density at radius 1 is 1.67 bits per heavy atom. The molecule has 64 valence electrons. The summed E-state index contributed by atoms with van der Waals surface area (Å²) in [7, 11) is 1.45. The molecule has 0 aliphatic carbocycles. The molecule has 0 atom stereocenters. The molecule has 0 N–H and O–H groups in total. The van der Waals surface area contributed by atoms with Crippen molar-refractivity contribution < 1.29 is 9.53 Å². The lowest BCUT2D eigenvalue weighted by Crippen LogP contribution is -1.97. The fraction of sp³-hybridized carbons (Fsp3) is 0.250. The summed E-state index contributed by atoms with van der Waals surface area (Å²) in [5.74, 6) is 0.273. The van der Waals surface area contributed by atoms with Crippen molar-refractivity contribution in [1.29, 1.82) is 0 Å². The van der Waals surface area contributed by atoms with E-state index in [0.717, 1.165) is 5.56 Å². The quantitative estimate of drug-likeness (QED) is 0.522. The molecule has 1 rings (SSSR count). The molecule has 0 saturated heterocycles. The van der Waals surface area contributed by atoms with Crippen LogP contribution in [0.5, 0.6) is 5.88 Å². The van der Waals surface area contributed by atoms with Crippen molar-refractivity contribution in [2.75, 3.05) is 7.11 Å². The minimum absolute atomic E-state index is 0.273. The van der Waals surface area contributed by atoms with Crippen LogP contribution in [0.3, 0.4) is 0 Å². The summed E-state index contributed by atoms with van der Waals surface area (Å²) in [6, 6.07) is 1.62. The van der Waals surface area contributed by atoms with Crippen LogP contribution in [0, 0.1) is 6.92 Å². The minimum atomic E-state index is 0.273. The molecular weight excluding hydrogens is 178 g/mol. The number of pyridine rings is 1. The smallest absolute Gasteiger partial charge is 0.225 e. The second-order valence-corrected chi connectivity index (χ2v) is 2.69. The van der Waals surface area contributed by atoms with Gasteiger partial charge in [-0.05, 0) is 18.6 Å². The third-order valence-corrected chi connectivity index (χ3v) is 1.70. The predicted molar refractivity (Wildman–Crippen MR) is 45.9 cm³/mol. The van der Waals surface area contributed by atoms with Crippen LogP contribution >= 0.6 is 11.6 Å². The van der Waals surface area contributed by atoms with Crippen LogP contribution in [-0.4, -0.2) is 18.4 Å². The summed E-state index contributed by atoms with van der Waals surface area (Å²) in [6.07, 6.45) is 0.706. The normalized spacial score (nSPS) is 9.58. The Bertz CT molecular complexity index is 312. The van der Waals surface area contributed by atoms with E-state index in [9.17, 15) is 4.79 Å². The number of hydrogen-bond donors (Lipinski definition) is 0. The zero-order chi connectivity index (χ0) is 9.14. The highest BCUT2D eigenvalue weighted by molar-refractivity contribution is 6.29. The van der Waals surface area contributed by atoms with E-state index in [4.69, 9.17) is 16.3 Å². The summed E-state index contributed by atoms with van der Waals surface area (Å²) in [6.45, 7) is 1.78. The van der Waals surface area contributed by atoms with Crippen LogP contribution < -0.4 is 4.74 Å². The number of rotatable bonds is 2. The van der Waals surface area contributed by atoms with Gasteiger partial charge in [0.15, 0.2) is 6.29 Å². The fourth-order valence-corrected chi connectivity index (χ4v) is 1.15. The van der Waals surface area contributed by atoms with Crippen LogP contribution in [0.4, 0.5) is 0 Å². The predicted octanol–water partition coefficient (Wildman–Crippen LogP) is 1.86. The molecule has 12 heavy (non-hydrogen) atoms. The summed E-state index contributed by atoms with van der Waals surface area (Å²) >= 11 is 5.65. The van der Waals surface area contributed by atoms with Gasteiger partial charge in [-0.15, -0.1) is 0 Å². The number of aldehydes is 1.